The van der Waals surface area contributed by atoms with Crippen LogP contribution >= 0.6 is 0 Å². The van der Waals surface area contributed by atoms with Gasteiger partial charge in [-0.25, -0.2) is 0 Å². The molecule has 0 aromatic carbocycles. The number of nitrogens with zero attached hydrogens (tertiary/aromatic N) is 1. The third kappa shape index (κ3) is 10.0. The minimum atomic E-state index is -0.652. The quantitative estimate of drug-likeness (QED) is 0.353. The molecule has 2 unspecified atom stereocenters. The molecule has 5 heteroatoms. The van der Waals surface area contributed by atoms with Gasteiger partial charge in [0.2, 0.25) is 0 Å². The molecule has 0 radical (unpaired) electrons. The van der Waals surface area contributed by atoms with Gasteiger partial charge in [-0.05, 0) is 12.8 Å². The fourth-order valence-corrected chi connectivity index (χ4v) is 2.04. The first-order valence-electron chi connectivity index (χ1n) is 7.62. The number of hydrogen-bond acceptors (Lipinski definition) is 5. The third-order valence-electron chi connectivity index (χ3n) is 3.25. The van der Waals surface area contributed by atoms with E-state index in [4.69, 9.17) is 11.5 Å². The molecule has 1 fully saturated rings. The average Bonchev–Trinajstić information content (AvgIpc) is 2.94. The highest BCUT2D eigenvalue weighted by Crippen LogP contribution is 2.07. The van der Waals surface area contributed by atoms with Gasteiger partial charge >= 0.3 is 0 Å². The molecule has 5 nitrogen and oxygen atoms in total. The highest BCUT2D eigenvalue weighted by atomic mass is 16.1. The van der Waals surface area contributed by atoms with Crippen molar-refractivity contribution in [3.8, 4) is 0 Å². The Morgan fingerprint density at radius 1 is 1.11 bits per heavy atom. The van der Waals surface area contributed by atoms with Gasteiger partial charge in [0.05, 0.1) is 0 Å². The molecule has 2 atom stereocenters. The summed E-state index contributed by atoms with van der Waals surface area (Å²) >= 11 is 0. The first-order chi connectivity index (χ1) is 9.15. The Labute approximate surface area is 118 Å². The molecule has 0 aromatic rings. The summed E-state index contributed by atoms with van der Waals surface area (Å²) in [5, 5.41) is 2.78. The molecule has 1 heterocycles. The molecular formula is C14H32N4O. The Bertz CT molecular complexity index is 204. The number of nitrogens with one attached hydrogen (secondary N) is 1. The van der Waals surface area contributed by atoms with Crippen LogP contribution in [0, 0.1) is 0 Å². The van der Waals surface area contributed by atoms with Crippen LogP contribution in [0.4, 0.5) is 0 Å². The van der Waals surface area contributed by atoms with E-state index in [9.17, 15) is 4.79 Å². The van der Waals surface area contributed by atoms with Gasteiger partial charge in [-0.3, -0.25) is 10.2 Å². The highest BCUT2D eigenvalue weighted by molar-refractivity contribution is 5.56. The highest BCUT2D eigenvalue weighted by Gasteiger charge is 2.19. The van der Waals surface area contributed by atoms with E-state index < -0.39 is 6.17 Å². The zero-order chi connectivity index (χ0) is 14.5. The molecule has 114 valence electrons. The van der Waals surface area contributed by atoms with E-state index in [1.54, 1.807) is 0 Å². The first kappa shape index (κ1) is 18.5. The van der Waals surface area contributed by atoms with E-state index >= 15 is 0 Å². The lowest BCUT2D eigenvalue weighted by atomic mass is 10.2. The number of nitrogens with two attached hydrogens (primary N) is 2. The number of hydrogen-bond donors (Lipinski definition) is 3. The van der Waals surface area contributed by atoms with Gasteiger partial charge in [-0.15, -0.1) is 0 Å². The van der Waals surface area contributed by atoms with Gasteiger partial charge in [0.1, 0.15) is 12.5 Å². The molecule has 1 rings (SSSR count). The molecular weight excluding hydrogens is 240 g/mol. The Morgan fingerprint density at radius 2 is 1.63 bits per heavy atom. The topological polar surface area (TPSA) is 84.4 Å². The monoisotopic (exact) mass is 272 g/mol. The van der Waals surface area contributed by atoms with Crippen molar-refractivity contribution >= 4 is 6.29 Å². The van der Waals surface area contributed by atoms with Gasteiger partial charge in [-0.1, -0.05) is 46.0 Å². The molecule has 0 spiro atoms. The Kier molecular flexibility index (Phi) is 12.2. The Morgan fingerprint density at radius 3 is 2.05 bits per heavy atom. The fourth-order valence-electron chi connectivity index (χ4n) is 2.04. The van der Waals surface area contributed by atoms with Crippen LogP contribution in [0.3, 0.4) is 0 Å². The summed E-state index contributed by atoms with van der Waals surface area (Å²) in [7, 11) is 0. The molecule has 1 aliphatic heterocycles. The van der Waals surface area contributed by atoms with E-state index in [0.29, 0.717) is 6.29 Å². The summed E-state index contributed by atoms with van der Waals surface area (Å²) in [6.07, 6.45) is 9.07. The summed E-state index contributed by atoms with van der Waals surface area (Å²) in [6.45, 7) is 6.46. The van der Waals surface area contributed by atoms with Crippen LogP contribution in [-0.2, 0) is 4.79 Å². The van der Waals surface area contributed by atoms with Crippen LogP contribution in [0.2, 0.25) is 0 Å². The second-order valence-corrected chi connectivity index (χ2v) is 5.08. The lowest BCUT2D eigenvalue weighted by Crippen LogP contribution is -2.57. The summed E-state index contributed by atoms with van der Waals surface area (Å²) in [4.78, 5) is 12.3. The van der Waals surface area contributed by atoms with Crippen molar-refractivity contribution in [1.82, 2.24) is 10.2 Å². The SMILES string of the molecule is CCCCCCC.NC(C=O)NC(N)N1CCCC1. The second kappa shape index (κ2) is 12.5. The average molecular weight is 272 g/mol. The van der Waals surface area contributed by atoms with E-state index in [1.165, 1.54) is 44.9 Å². The summed E-state index contributed by atoms with van der Waals surface area (Å²) in [5.74, 6) is 0. The number of unbranched alkanes of at least 4 members (excludes halogenated alkanes) is 4. The van der Waals surface area contributed by atoms with Crippen molar-refractivity contribution in [3.05, 3.63) is 0 Å². The molecule has 0 amide bonds. The zero-order valence-electron chi connectivity index (χ0n) is 12.6. The van der Waals surface area contributed by atoms with Crippen molar-refractivity contribution in [1.29, 1.82) is 0 Å². The van der Waals surface area contributed by atoms with Crippen LogP contribution in [-0.4, -0.2) is 36.7 Å². The smallest absolute Gasteiger partial charge is 0.151 e. The predicted molar refractivity (Wildman–Crippen MR) is 80.4 cm³/mol. The lowest BCUT2D eigenvalue weighted by molar-refractivity contribution is -0.110. The predicted octanol–water partition coefficient (Wildman–Crippen LogP) is 1.37. The molecule has 5 N–H and O–H groups in total. The summed E-state index contributed by atoms with van der Waals surface area (Å²) in [6, 6.07) is 0. The molecule has 0 bridgehead atoms. The second-order valence-electron chi connectivity index (χ2n) is 5.08. The number of likely N-dealkylation sites (tertiary alicyclic amines) is 1. The minimum Gasteiger partial charge on any atom is -0.310 e. The van der Waals surface area contributed by atoms with E-state index in [-0.39, 0.29) is 6.29 Å². The molecule has 19 heavy (non-hydrogen) atoms. The molecule has 0 aromatic heterocycles. The van der Waals surface area contributed by atoms with Crippen LogP contribution in [0.25, 0.3) is 0 Å². The van der Waals surface area contributed by atoms with Gasteiger partial charge in [0, 0.05) is 13.1 Å². The minimum absolute atomic E-state index is 0.285. The maximum atomic E-state index is 10.2. The molecule has 0 aliphatic carbocycles. The standard InChI is InChI=1S/C7H16N4O.C7H16/c8-6(5-12)10-7(9)11-3-1-2-4-11;1-3-5-7-6-4-2/h5-7,10H,1-4,8-9H2;3-7H2,1-2H3. The van der Waals surface area contributed by atoms with Gasteiger partial charge in [0.15, 0.2) is 6.29 Å². The molecule has 1 saturated heterocycles. The third-order valence-corrected chi connectivity index (χ3v) is 3.25. The van der Waals surface area contributed by atoms with Crippen molar-refractivity contribution in [2.45, 2.75) is 71.2 Å². The van der Waals surface area contributed by atoms with Crippen LogP contribution in [0.15, 0.2) is 0 Å². The van der Waals surface area contributed by atoms with Gasteiger partial charge in [-0.2, -0.15) is 0 Å². The van der Waals surface area contributed by atoms with Crippen LogP contribution < -0.4 is 16.8 Å². The van der Waals surface area contributed by atoms with Gasteiger partial charge < -0.3 is 16.3 Å². The zero-order valence-corrected chi connectivity index (χ0v) is 12.6. The van der Waals surface area contributed by atoms with Gasteiger partial charge in [0.25, 0.3) is 0 Å². The number of carbonyl (C=O) groups excluding carboxylic acids is 1. The number of aldehydes is 1. The van der Waals surface area contributed by atoms with E-state index in [2.05, 4.69) is 24.1 Å². The van der Waals surface area contributed by atoms with Crippen LogP contribution in [0.1, 0.15) is 58.8 Å². The summed E-state index contributed by atoms with van der Waals surface area (Å²) in [5.41, 5.74) is 11.1. The van der Waals surface area contributed by atoms with Crippen molar-refractivity contribution < 1.29 is 4.79 Å². The largest absolute Gasteiger partial charge is 0.310 e. The number of rotatable bonds is 8. The lowest BCUT2D eigenvalue weighted by Gasteiger charge is -2.25. The Balaban J connectivity index is 0.000000399. The Hall–Kier alpha value is -0.490. The number of carbonyl (C=O) groups is 1. The maximum Gasteiger partial charge on any atom is 0.151 e. The van der Waals surface area contributed by atoms with E-state index in [0.717, 1.165) is 13.1 Å². The maximum absolute atomic E-state index is 10.2. The van der Waals surface area contributed by atoms with E-state index in [1.807, 2.05) is 0 Å². The van der Waals surface area contributed by atoms with Crippen molar-refractivity contribution in [2.75, 3.05) is 13.1 Å². The normalized spacial score (nSPS) is 18.5. The van der Waals surface area contributed by atoms with Crippen molar-refractivity contribution in [2.24, 2.45) is 11.5 Å². The van der Waals surface area contributed by atoms with Crippen LogP contribution in [0.5, 0.6) is 0 Å². The first-order valence-corrected chi connectivity index (χ1v) is 7.62. The molecule has 0 saturated carbocycles. The summed E-state index contributed by atoms with van der Waals surface area (Å²) < 4.78 is 0. The molecule has 1 aliphatic rings. The fraction of sp³-hybridized carbons (Fsp3) is 0.929. The van der Waals surface area contributed by atoms with Crippen molar-refractivity contribution in [3.63, 3.8) is 0 Å².